The first-order valence-electron chi connectivity index (χ1n) is 6.43. The molecule has 0 radical (unpaired) electrons. The Labute approximate surface area is 104 Å². The van der Waals surface area contributed by atoms with Gasteiger partial charge in [-0.1, -0.05) is 20.8 Å². The average molecular weight is 245 g/mol. The Hall–Kier alpha value is 0.0969. The Morgan fingerprint density at radius 2 is 1.38 bits per heavy atom. The summed E-state index contributed by atoms with van der Waals surface area (Å²) < 4.78 is 0. The maximum absolute atomic E-state index is 3.65. The van der Waals surface area contributed by atoms with Gasteiger partial charge in [-0.2, -0.15) is 0 Å². The van der Waals surface area contributed by atoms with E-state index < -0.39 is 0 Å². The quantitative estimate of drug-likeness (QED) is 0.462. The van der Waals surface area contributed by atoms with Gasteiger partial charge in [-0.05, 0) is 39.7 Å². The fraction of sp³-hybridized carbons (Fsp3) is 1.00. The maximum atomic E-state index is 3.65. The van der Waals surface area contributed by atoms with Gasteiger partial charge in [0, 0.05) is 12.1 Å². The first-order valence-corrected chi connectivity index (χ1v) is 7.96. The molecule has 3 N–H and O–H groups in total. The third-order valence-electron chi connectivity index (χ3n) is 2.07. The third-order valence-corrected chi connectivity index (χ3v) is 3.49. The van der Waals surface area contributed by atoms with Crippen LogP contribution in [-0.2, 0) is 0 Å². The molecule has 0 fully saturated rings. The molecule has 0 aliphatic rings. The highest BCUT2D eigenvalue weighted by molar-refractivity contribution is 6.34. The number of hydrogen-bond acceptors (Lipinski definition) is 3. The SMILES string of the molecule is CC(C)NC(NC(C)C)[SiH2]NCC(C)(C)C. The standard InChI is InChI=1S/C12H31N3Si/c1-9(2)14-11(15-10(3)4)16-13-8-12(5,6)7/h9-11,13-15H,8,16H2,1-7H3. The molecule has 0 atom stereocenters. The molecule has 0 aromatic rings. The molecular formula is C12H31N3Si. The summed E-state index contributed by atoms with van der Waals surface area (Å²) in [5.74, 6) is 0.488. The van der Waals surface area contributed by atoms with Crippen molar-refractivity contribution >= 4 is 9.68 Å². The van der Waals surface area contributed by atoms with Gasteiger partial charge in [0.2, 0.25) is 0 Å². The van der Waals surface area contributed by atoms with Gasteiger partial charge in [-0.25, -0.2) is 0 Å². The highest BCUT2D eigenvalue weighted by atomic mass is 28.2. The molecule has 0 aliphatic carbocycles. The van der Waals surface area contributed by atoms with Crippen molar-refractivity contribution in [1.82, 2.24) is 15.6 Å². The lowest BCUT2D eigenvalue weighted by Gasteiger charge is -2.26. The minimum Gasteiger partial charge on any atom is -0.339 e. The summed E-state index contributed by atoms with van der Waals surface area (Å²) >= 11 is 0. The lowest BCUT2D eigenvalue weighted by atomic mass is 9.98. The minimum atomic E-state index is -0.312. The molecule has 98 valence electrons. The van der Waals surface area contributed by atoms with Crippen molar-refractivity contribution in [2.45, 2.75) is 66.3 Å². The minimum absolute atomic E-state index is 0.312. The normalized spacial score (nSPS) is 13.9. The van der Waals surface area contributed by atoms with E-state index in [0.29, 0.717) is 23.3 Å². The second kappa shape index (κ2) is 7.43. The smallest absolute Gasteiger partial charge is 0.127 e. The lowest BCUT2D eigenvalue weighted by molar-refractivity contribution is 0.403. The van der Waals surface area contributed by atoms with Crippen molar-refractivity contribution < 1.29 is 0 Å². The van der Waals surface area contributed by atoms with Crippen LogP contribution in [0.2, 0.25) is 0 Å². The maximum Gasteiger partial charge on any atom is 0.127 e. The molecule has 16 heavy (non-hydrogen) atoms. The molecule has 0 saturated heterocycles. The van der Waals surface area contributed by atoms with Crippen molar-refractivity contribution in [2.24, 2.45) is 5.41 Å². The zero-order valence-corrected chi connectivity index (χ0v) is 13.6. The Kier molecular flexibility index (Phi) is 7.47. The molecule has 0 unspecified atom stereocenters. The van der Waals surface area contributed by atoms with Gasteiger partial charge in [0.05, 0.1) is 5.79 Å². The first-order chi connectivity index (χ1) is 7.20. The van der Waals surface area contributed by atoms with Gasteiger partial charge >= 0.3 is 0 Å². The van der Waals surface area contributed by atoms with Crippen molar-refractivity contribution in [3.05, 3.63) is 0 Å². The fourth-order valence-corrected chi connectivity index (χ4v) is 3.92. The van der Waals surface area contributed by atoms with E-state index in [1.807, 2.05) is 0 Å². The summed E-state index contributed by atoms with van der Waals surface area (Å²) in [4.78, 5) is 3.65. The molecule has 0 rings (SSSR count). The number of rotatable bonds is 7. The Morgan fingerprint density at radius 1 is 0.938 bits per heavy atom. The van der Waals surface area contributed by atoms with Crippen molar-refractivity contribution in [3.63, 3.8) is 0 Å². The van der Waals surface area contributed by atoms with Crippen LogP contribution in [0, 0.1) is 5.41 Å². The first kappa shape index (κ1) is 16.1. The van der Waals surface area contributed by atoms with E-state index in [1.54, 1.807) is 0 Å². The summed E-state index contributed by atoms with van der Waals surface area (Å²) in [5, 5.41) is 7.17. The fourth-order valence-electron chi connectivity index (χ4n) is 1.56. The third kappa shape index (κ3) is 10.6. The summed E-state index contributed by atoms with van der Waals surface area (Å²) in [7, 11) is -0.312. The molecule has 0 saturated carbocycles. The van der Waals surface area contributed by atoms with Crippen LogP contribution in [0.4, 0.5) is 0 Å². The van der Waals surface area contributed by atoms with Crippen molar-refractivity contribution in [3.8, 4) is 0 Å². The largest absolute Gasteiger partial charge is 0.339 e. The zero-order valence-electron chi connectivity index (χ0n) is 12.1. The second-order valence-electron chi connectivity index (χ2n) is 6.39. The molecule has 0 heterocycles. The van der Waals surface area contributed by atoms with E-state index in [4.69, 9.17) is 0 Å². The van der Waals surface area contributed by atoms with Crippen LogP contribution >= 0.6 is 0 Å². The summed E-state index contributed by atoms with van der Waals surface area (Å²) in [6.07, 6.45) is 0. The number of hydrogen-bond donors (Lipinski definition) is 3. The number of nitrogens with one attached hydrogen (secondary N) is 3. The molecule has 0 aromatic heterocycles. The topological polar surface area (TPSA) is 36.1 Å². The van der Waals surface area contributed by atoms with Gasteiger partial charge < -0.3 is 15.6 Å². The molecule has 0 aliphatic heterocycles. The van der Waals surface area contributed by atoms with E-state index in [2.05, 4.69) is 64.1 Å². The summed E-state index contributed by atoms with van der Waals surface area (Å²) in [5.41, 5.74) is 0.382. The molecule has 0 amide bonds. The molecular weight excluding hydrogens is 214 g/mol. The van der Waals surface area contributed by atoms with Crippen LogP contribution < -0.4 is 15.6 Å². The van der Waals surface area contributed by atoms with Crippen LogP contribution in [-0.4, -0.2) is 34.1 Å². The monoisotopic (exact) mass is 245 g/mol. The molecule has 0 spiro atoms. The van der Waals surface area contributed by atoms with Gasteiger partial charge in [-0.15, -0.1) is 0 Å². The van der Waals surface area contributed by atoms with Crippen LogP contribution in [0.15, 0.2) is 0 Å². The summed E-state index contributed by atoms with van der Waals surface area (Å²) in [6, 6.07) is 1.08. The van der Waals surface area contributed by atoms with Gasteiger partial charge in [0.15, 0.2) is 0 Å². The highest BCUT2D eigenvalue weighted by Gasteiger charge is 2.14. The van der Waals surface area contributed by atoms with Crippen LogP contribution in [0.25, 0.3) is 0 Å². The van der Waals surface area contributed by atoms with E-state index in [9.17, 15) is 0 Å². The predicted octanol–water partition coefficient (Wildman–Crippen LogP) is 0.985. The lowest BCUT2D eigenvalue weighted by Crippen LogP contribution is -2.56. The highest BCUT2D eigenvalue weighted by Crippen LogP contribution is 2.09. The van der Waals surface area contributed by atoms with Gasteiger partial charge in [-0.3, -0.25) is 0 Å². The van der Waals surface area contributed by atoms with E-state index >= 15 is 0 Å². The molecule has 4 heteroatoms. The predicted molar refractivity (Wildman–Crippen MR) is 76.3 cm³/mol. The Morgan fingerprint density at radius 3 is 1.69 bits per heavy atom. The zero-order chi connectivity index (χ0) is 12.8. The summed E-state index contributed by atoms with van der Waals surface area (Å²) in [6.45, 7) is 16.7. The molecule has 0 aromatic carbocycles. The van der Waals surface area contributed by atoms with Crippen molar-refractivity contribution in [2.75, 3.05) is 6.54 Å². The van der Waals surface area contributed by atoms with Crippen molar-refractivity contribution in [1.29, 1.82) is 0 Å². The second-order valence-corrected chi connectivity index (χ2v) is 8.11. The van der Waals surface area contributed by atoms with Gasteiger partial charge in [0.1, 0.15) is 9.68 Å². The molecule has 0 bridgehead atoms. The molecule has 3 nitrogen and oxygen atoms in total. The van der Waals surface area contributed by atoms with Gasteiger partial charge in [0.25, 0.3) is 0 Å². The van der Waals surface area contributed by atoms with Crippen LogP contribution in [0.5, 0.6) is 0 Å². The average Bonchev–Trinajstić information content (AvgIpc) is 1.98. The van der Waals surface area contributed by atoms with E-state index in [0.717, 1.165) is 6.54 Å². The van der Waals surface area contributed by atoms with E-state index in [-0.39, 0.29) is 9.68 Å². The van der Waals surface area contributed by atoms with E-state index in [1.165, 1.54) is 0 Å². The Balaban J connectivity index is 3.92. The van der Waals surface area contributed by atoms with Crippen LogP contribution in [0.1, 0.15) is 48.5 Å². The Bertz CT molecular complexity index is 166. The van der Waals surface area contributed by atoms with Crippen LogP contribution in [0.3, 0.4) is 0 Å².